The number of carbonyl (C=O) groups excluding carboxylic acids is 3. The monoisotopic (exact) mass is 632 g/mol. The number of hydrogen-bond acceptors (Lipinski definition) is 6. The maximum absolute atomic E-state index is 16.0. The van der Waals surface area contributed by atoms with Crippen molar-refractivity contribution in [1.29, 1.82) is 0 Å². The first-order valence-corrected chi connectivity index (χ1v) is 14.4. The Bertz CT molecular complexity index is 1040. The summed E-state index contributed by atoms with van der Waals surface area (Å²) < 4.78 is 26.8. The van der Waals surface area contributed by atoms with E-state index in [4.69, 9.17) is 9.47 Å². The number of aliphatic hydroxyl groups is 1. The number of carbonyl (C=O) groups is 3. The lowest BCUT2D eigenvalue weighted by Gasteiger charge is -2.64. The van der Waals surface area contributed by atoms with E-state index in [1.165, 1.54) is 6.08 Å². The van der Waals surface area contributed by atoms with Crippen LogP contribution >= 0.6 is 31.9 Å². The fourth-order valence-corrected chi connectivity index (χ4v) is 9.67. The van der Waals surface area contributed by atoms with Crippen LogP contribution in [0.3, 0.4) is 0 Å². The molecule has 1 N–H and O–H groups in total. The Balaban J connectivity index is 1.87. The lowest BCUT2D eigenvalue weighted by Crippen LogP contribution is -2.70. The smallest absolute Gasteiger partial charge is 0.351 e. The van der Waals surface area contributed by atoms with Gasteiger partial charge in [-0.05, 0) is 65.1 Å². The topological polar surface area (TPSA) is 89.9 Å². The Morgan fingerprint density at radius 3 is 2.50 bits per heavy atom. The van der Waals surface area contributed by atoms with Crippen molar-refractivity contribution in [3.05, 3.63) is 22.2 Å². The molecular weight excluding hydrogens is 599 g/mol. The largest absolute Gasteiger partial charge is 0.463 e. The number of fused-ring (bicyclic) bond motifs is 5. The van der Waals surface area contributed by atoms with E-state index < -0.39 is 56.8 Å². The maximum Gasteiger partial charge on any atom is 0.351 e. The second kappa shape index (κ2) is 9.30. The third-order valence-corrected chi connectivity index (χ3v) is 12.3. The molecule has 0 saturated heterocycles. The molecular formula is C27H35Br2FO6. The zero-order chi connectivity index (χ0) is 26.8. The second-order valence-corrected chi connectivity index (χ2v) is 13.4. The van der Waals surface area contributed by atoms with E-state index in [-0.39, 0.29) is 42.1 Å². The van der Waals surface area contributed by atoms with Gasteiger partial charge in [0.05, 0.1) is 21.5 Å². The van der Waals surface area contributed by atoms with E-state index in [9.17, 15) is 19.5 Å². The molecule has 0 amide bonds. The number of ketones is 1. The number of esters is 2. The normalized spacial score (nSPS) is 45.6. The average molecular weight is 634 g/mol. The van der Waals surface area contributed by atoms with Gasteiger partial charge < -0.3 is 14.6 Å². The van der Waals surface area contributed by atoms with Crippen molar-refractivity contribution >= 4 is 49.6 Å². The lowest BCUT2D eigenvalue weighted by molar-refractivity contribution is -0.216. The minimum atomic E-state index is -1.59. The van der Waals surface area contributed by atoms with Gasteiger partial charge in [-0.15, -0.1) is 0 Å². The fourth-order valence-electron chi connectivity index (χ4n) is 7.86. The molecule has 0 unspecified atom stereocenters. The first-order valence-electron chi connectivity index (χ1n) is 12.8. The number of allylic oxidation sites excluding steroid dienone is 4. The standard InChI is InChI=1S/C27H35Br2FO6/c1-6-10-35-23(34)27(36-20(33)7-2)14(3)11-15-16-12-17(30)21-22(28)18(31)8-9-24(21,4)26(16,29)19(32)13-25(15,27)5/h8-9,14-17,19,32H,6-7,10-13H2,1-5H3/t14-,15+,16+,17+,19+,24+,25+,26+,27+/m1/s1. The summed E-state index contributed by atoms with van der Waals surface area (Å²) in [5, 5.41) is 11.9. The molecule has 9 heteroatoms. The van der Waals surface area contributed by atoms with Gasteiger partial charge in [-0.2, -0.15) is 0 Å². The highest BCUT2D eigenvalue weighted by molar-refractivity contribution is 9.12. The van der Waals surface area contributed by atoms with Crippen LogP contribution in [-0.4, -0.2) is 51.6 Å². The first-order chi connectivity index (χ1) is 16.8. The van der Waals surface area contributed by atoms with Crippen molar-refractivity contribution < 1.29 is 33.4 Å². The molecule has 6 nitrogen and oxygen atoms in total. The maximum atomic E-state index is 16.0. The molecule has 3 saturated carbocycles. The minimum absolute atomic E-state index is 0.0677. The number of rotatable bonds is 5. The zero-order valence-electron chi connectivity index (χ0n) is 21.4. The van der Waals surface area contributed by atoms with E-state index in [1.807, 2.05) is 27.7 Å². The number of alkyl halides is 2. The van der Waals surface area contributed by atoms with Crippen molar-refractivity contribution in [3.8, 4) is 0 Å². The summed E-state index contributed by atoms with van der Waals surface area (Å²) in [6, 6.07) is 0. The fraction of sp³-hybridized carbons (Fsp3) is 0.741. The molecule has 3 fully saturated rings. The SMILES string of the molecule is CCCOC(=O)[C@@]1(OC(=O)CC)[C@H](C)C[C@H]2[C@@H]3C[C@H](F)C4=C(Br)C(=O)C=C[C@]4(C)[C@@]3(Br)[C@@H](O)C[C@@]21C. The molecule has 0 spiro atoms. The Kier molecular flexibility index (Phi) is 7.22. The molecule has 4 rings (SSSR count). The molecule has 0 heterocycles. The summed E-state index contributed by atoms with van der Waals surface area (Å²) in [7, 11) is 0. The molecule has 0 bridgehead atoms. The molecule has 9 atom stereocenters. The Hall–Kier alpha value is -1.06. The van der Waals surface area contributed by atoms with Gasteiger partial charge >= 0.3 is 11.9 Å². The molecule has 0 aliphatic heterocycles. The van der Waals surface area contributed by atoms with Crippen LogP contribution in [0.5, 0.6) is 0 Å². The van der Waals surface area contributed by atoms with Gasteiger partial charge in [0.1, 0.15) is 6.17 Å². The summed E-state index contributed by atoms with van der Waals surface area (Å²) in [6.07, 6.45) is 2.11. The van der Waals surface area contributed by atoms with Crippen molar-refractivity contribution in [2.24, 2.45) is 28.6 Å². The van der Waals surface area contributed by atoms with Gasteiger partial charge in [-0.25, -0.2) is 9.18 Å². The number of hydrogen-bond donors (Lipinski definition) is 1. The summed E-state index contributed by atoms with van der Waals surface area (Å²) in [4.78, 5) is 38.8. The number of aliphatic hydroxyl groups excluding tert-OH is 1. The van der Waals surface area contributed by atoms with Crippen LogP contribution in [0, 0.1) is 28.6 Å². The van der Waals surface area contributed by atoms with Crippen molar-refractivity contribution in [2.75, 3.05) is 6.61 Å². The molecule has 36 heavy (non-hydrogen) atoms. The number of halogens is 3. The van der Waals surface area contributed by atoms with Gasteiger partial charge in [-0.3, -0.25) is 9.59 Å². The second-order valence-electron chi connectivity index (χ2n) is 11.3. The summed E-state index contributed by atoms with van der Waals surface area (Å²) in [6.45, 7) is 9.36. The molecule has 200 valence electrons. The quantitative estimate of drug-likeness (QED) is 0.325. The summed E-state index contributed by atoms with van der Waals surface area (Å²) in [5.74, 6) is -2.46. The minimum Gasteiger partial charge on any atom is -0.463 e. The predicted octanol–water partition coefficient (Wildman–Crippen LogP) is 5.34. The lowest BCUT2D eigenvalue weighted by atomic mass is 9.46. The Morgan fingerprint density at radius 2 is 1.89 bits per heavy atom. The van der Waals surface area contributed by atoms with Crippen LogP contribution in [0.2, 0.25) is 0 Å². The first kappa shape index (κ1) is 28.0. The van der Waals surface area contributed by atoms with E-state index in [1.54, 1.807) is 13.0 Å². The summed E-state index contributed by atoms with van der Waals surface area (Å²) >= 11 is 7.24. The molecule has 0 aromatic carbocycles. The predicted molar refractivity (Wildman–Crippen MR) is 139 cm³/mol. The van der Waals surface area contributed by atoms with Gasteiger partial charge in [0, 0.05) is 23.2 Å². The van der Waals surface area contributed by atoms with E-state index in [0.717, 1.165) is 0 Å². The highest BCUT2D eigenvalue weighted by Crippen LogP contribution is 2.73. The third-order valence-electron chi connectivity index (χ3n) is 9.55. The molecule has 0 aromatic heterocycles. The van der Waals surface area contributed by atoms with Crippen molar-refractivity contribution in [3.63, 3.8) is 0 Å². The van der Waals surface area contributed by atoms with Gasteiger partial charge in [0.2, 0.25) is 5.60 Å². The van der Waals surface area contributed by atoms with Crippen LogP contribution in [-0.2, 0) is 23.9 Å². The van der Waals surface area contributed by atoms with Crippen LogP contribution in [0.15, 0.2) is 22.2 Å². The van der Waals surface area contributed by atoms with Crippen LogP contribution in [0.25, 0.3) is 0 Å². The zero-order valence-corrected chi connectivity index (χ0v) is 24.6. The van der Waals surface area contributed by atoms with Gasteiger partial charge in [0.25, 0.3) is 0 Å². The molecule has 4 aliphatic rings. The average Bonchev–Trinajstić information content (AvgIpc) is 3.04. The van der Waals surface area contributed by atoms with E-state index >= 15 is 4.39 Å². The molecule has 0 radical (unpaired) electrons. The highest BCUT2D eigenvalue weighted by Gasteiger charge is 2.77. The van der Waals surface area contributed by atoms with E-state index in [2.05, 4.69) is 31.9 Å². The van der Waals surface area contributed by atoms with Crippen LogP contribution in [0.1, 0.15) is 66.7 Å². The van der Waals surface area contributed by atoms with Crippen molar-refractivity contribution in [1.82, 2.24) is 0 Å². The van der Waals surface area contributed by atoms with Gasteiger partial charge in [0.15, 0.2) is 5.78 Å². The molecule has 0 aromatic rings. The Morgan fingerprint density at radius 1 is 1.22 bits per heavy atom. The summed E-state index contributed by atoms with van der Waals surface area (Å²) in [5.41, 5.74) is -3.22. The van der Waals surface area contributed by atoms with E-state index in [0.29, 0.717) is 18.4 Å². The molecule has 4 aliphatic carbocycles. The third kappa shape index (κ3) is 3.43. The van der Waals surface area contributed by atoms with Gasteiger partial charge in [-0.1, -0.05) is 56.6 Å². The van der Waals surface area contributed by atoms with Crippen LogP contribution in [0.4, 0.5) is 4.39 Å². The van der Waals surface area contributed by atoms with Crippen molar-refractivity contribution in [2.45, 2.75) is 88.9 Å². The number of ether oxygens (including phenoxy) is 2. The van der Waals surface area contributed by atoms with Crippen LogP contribution < -0.4 is 0 Å². The highest BCUT2D eigenvalue weighted by atomic mass is 79.9. The Labute approximate surface area is 228 Å².